The minimum Gasteiger partial charge on any atom is -0.489 e. The van der Waals surface area contributed by atoms with Crippen LogP contribution in [0.1, 0.15) is 78.2 Å². The minimum atomic E-state index is -0.286. The molecule has 2 aromatic heterocycles. The molecule has 1 saturated heterocycles. The molecule has 1 aliphatic heterocycles. The number of aliphatic imine (C=N–C) groups is 1. The predicted octanol–water partition coefficient (Wildman–Crippen LogP) is 6.02. The Balaban J connectivity index is 1.17. The molecule has 0 bridgehead atoms. The number of nitrogens with one attached hydrogen (secondary N) is 2. The molecule has 10 heteroatoms. The number of piperidine rings is 1. The van der Waals surface area contributed by atoms with Gasteiger partial charge in [-0.2, -0.15) is 0 Å². The second kappa shape index (κ2) is 13.1. The van der Waals surface area contributed by atoms with Crippen LogP contribution in [0.4, 0.5) is 16.4 Å². The molecule has 1 saturated carbocycles. The van der Waals surface area contributed by atoms with Crippen LogP contribution in [0.5, 0.6) is 5.75 Å². The number of aryl methyl sites for hydroxylation is 1. The second-order valence-electron chi connectivity index (χ2n) is 13.0. The molecule has 2 aliphatic rings. The molecule has 3 heterocycles. The Morgan fingerprint density at radius 2 is 1.79 bits per heavy atom. The number of nitrogens with two attached hydrogens (primary N) is 1. The van der Waals surface area contributed by atoms with Gasteiger partial charge in [0.1, 0.15) is 11.6 Å². The van der Waals surface area contributed by atoms with Crippen molar-refractivity contribution in [2.45, 2.75) is 97.8 Å². The summed E-state index contributed by atoms with van der Waals surface area (Å²) in [6, 6.07) is 12.0. The lowest BCUT2D eigenvalue weighted by Crippen LogP contribution is -2.46. The Morgan fingerprint density at radius 1 is 1.05 bits per heavy atom. The third-order valence-electron chi connectivity index (χ3n) is 8.41. The maximum absolute atomic E-state index is 13.0. The van der Waals surface area contributed by atoms with Gasteiger partial charge in [-0.15, -0.1) is 10.2 Å². The number of carbonyl (C=O) groups is 1. The molecule has 230 valence electrons. The molecule has 5 rings (SSSR count). The standard InChI is InChI=1S/C33H46N8O2/c1-22-9-11-24(12-10-22)35-29(20-28(34)33(3,4)5)37-31(42)36-25-13-15-26(16-14-25)43-27-17-18-30-38-39-32(41(30)21-27)40-19-7-6-8-23(40)2/h9-12,17-18,20-21,23,25-26H,6-8,13-16,19,34H2,1-5H3,(H2,35,36,37,42)/t23-,25?,26?/m0/s1. The second-order valence-corrected chi connectivity index (χ2v) is 13.0. The summed E-state index contributed by atoms with van der Waals surface area (Å²) in [5.41, 5.74) is 9.43. The molecule has 4 N–H and O–H groups in total. The summed E-state index contributed by atoms with van der Waals surface area (Å²) in [6.07, 6.45) is 10.8. The van der Waals surface area contributed by atoms with Crippen LogP contribution in [0.3, 0.4) is 0 Å². The number of pyridine rings is 1. The maximum Gasteiger partial charge on any atom is 0.320 e. The fourth-order valence-corrected chi connectivity index (χ4v) is 5.59. The SMILES string of the molecule is Cc1ccc(N=C(C=C(N)C(C)(C)C)NC(=O)NC2CCC(Oc3ccc4nnc(N5CCCC[C@@H]5C)n4c3)CC2)cc1. The summed E-state index contributed by atoms with van der Waals surface area (Å²) in [4.78, 5) is 20.0. The number of aromatic nitrogens is 3. The molecule has 3 aromatic rings. The van der Waals surface area contributed by atoms with Gasteiger partial charge in [0.15, 0.2) is 5.65 Å². The van der Waals surface area contributed by atoms with Crippen LogP contribution >= 0.6 is 0 Å². The number of allylic oxidation sites excluding steroid dienone is 1. The Kier molecular flexibility index (Phi) is 9.22. The molecule has 0 radical (unpaired) electrons. The van der Waals surface area contributed by atoms with Crippen LogP contribution in [0.25, 0.3) is 5.65 Å². The van der Waals surface area contributed by atoms with Crippen LogP contribution in [0, 0.1) is 12.3 Å². The van der Waals surface area contributed by atoms with Crippen molar-refractivity contribution in [2.75, 3.05) is 11.4 Å². The molecular weight excluding hydrogens is 540 g/mol. The lowest BCUT2D eigenvalue weighted by atomic mass is 9.92. The average Bonchev–Trinajstić information content (AvgIpc) is 3.38. The highest BCUT2D eigenvalue weighted by Gasteiger charge is 2.26. The summed E-state index contributed by atoms with van der Waals surface area (Å²) < 4.78 is 8.45. The Bertz CT molecular complexity index is 1460. The van der Waals surface area contributed by atoms with E-state index in [0.717, 1.165) is 60.8 Å². The van der Waals surface area contributed by atoms with Gasteiger partial charge in [-0.3, -0.25) is 9.72 Å². The van der Waals surface area contributed by atoms with E-state index in [-0.39, 0.29) is 23.6 Å². The zero-order chi connectivity index (χ0) is 30.6. The van der Waals surface area contributed by atoms with Crippen molar-refractivity contribution in [1.29, 1.82) is 0 Å². The molecule has 43 heavy (non-hydrogen) atoms. The quantitative estimate of drug-likeness (QED) is 0.240. The van der Waals surface area contributed by atoms with Crippen molar-refractivity contribution in [3.05, 3.63) is 59.9 Å². The number of rotatable bonds is 6. The molecule has 1 aliphatic carbocycles. The van der Waals surface area contributed by atoms with Gasteiger partial charge in [-0.05, 0) is 83.1 Å². The number of amidine groups is 1. The minimum absolute atomic E-state index is 0.0527. The summed E-state index contributed by atoms with van der Waals surface area (Å²) in [5, 5.41) is 14.9. The van der Waals surface area contributed by atoms with Crippen LogP contribution in [0.15, 0.2) is 59.4 Å². The third-order valence-corrected chi connectivity index (χ3v) is 8.41. The molecule has 10 nitrogen and oxygen atoms in total. The first-order valence-electron chi connectivity index (χ1n) is 15.5. The Hall–Kier alpha value is -4.08. The van der Waals surface area contributed by atoms with E-state index in [4.69, 9.17) is 10.5 Å². The van der Waals surface area contributed by atoms with Gasteiger partial charge < -0.3 is 20.7 Å². The van der Waals surface area contributed by atoms with Gasteiger partial charge >= 0.3 is 6.03 Å². The number of benzene rings is 1. The number of anilines is 1. The van der Waals surface area contributed by atoms with Crippen molar-refractivity contribution >= 4 is 29.1 Å². The fraction of sp³-hybridized carbons (Fsp3) is 0.515. The molecule has 2 amide bonds. The van der Waals surface area contributed by atoms with E-state index in [2.05, 4.69) is 37.6 Å². The van der Waals surface area contributed by atoms with E-state index in [9.17, 15) is 4.79 Å². The maximum atomic E-state index is 13.0. The van der Waals surface area contributed by atoms with Gasteiger partial charge in [-0.25, -0.2) is 9.79 Å². The third kappa shape index (κ3) is 7.86. The molecule has 0 spiro atoms. The number of ether oxygens (including phenoxy) is 1. The number of hydrogen-bond acceptors (Lipinski definition) is 7. The normalized spacial score (nSPS) is 22.0. The van der Waals surface area contributed by atoms with E-state index in [0.29, 0.717) is 17.6 Å². The molecule has 2 fully saturated rings. The van der Waals surface area contributed by atoms with E-state index >= 15 is 0 Å². The first-order chi connectivity index (χ1) is 20.5. The van der Waals surface area contributed by atoms with Crippen molar-refractivity contribution in [3.63, 3.8) is 0 Å². The highest BCUT2D eigenvalue weighted by atomic mass is 16.5. The summed E-state index contributed by atoms with van der Waals surface area (Å²) >= 11 is 0. The first-order valence-corrected chi connectivity index (χ1v) is 15.5. The van der Waals surface area contributed by atoms with Crippen LogP contribution in [-0.2, 0) is 0 Å². The zero-order valence-electron chi connectivity index (χ0n) is 26.1. The van der Waals surface area contributed by atoms with Gasteiger partial charge in [0.25, 0.3) is 0 Å². The van der Waals surface area contributed by atoms with E-state index in [1.165, 1.54) is 19.3 Å². The first kappa shape index (κ1) is 30.4. The van der Waals surface area contributed by atoms with E-state index in [1.54, 1.807) is 6.08 Å². The number of hydrogen-bond donors (Lipinski definition) is 3. The van der Waals surface area contributed by atoms with E-state index in [1.807, 2.05) is 74.7 Å². The topological polar surface area (TPSA) is 122 Å². The van der Waals surface area contributed by atoms with Crippen molar-refractivity contribution in [1.82, 2.24) is 25.2 Å². The Morgan fingerprint density at radius 3 is 2.49 bits per heavy atom. The largest absolute Gasteiger partial charge is 0.489 e. The molecular formula is C33H46N8O2. The Labute approximate surface area is 254 Å². The summed E-state index contributed by atoms with van der Waals surface area (Å²) in [7, 11) is 0. The monoisotopic (exact) mass is 586 g/mol. The summed E-state index contributed by atoms with van der Waals surface area (Å²) in [5.74, 6) is 2.11. The highest BCUT2D eigenvalue weighted by Crippen LogP contribution is 2.28. The number of fused-ring (bicyclic) bond motifs is 1. The van der Waals surface area contributed by atoms with Crippen molar-refractivity contribution in [3.8, 4) is 5.75 Å². The van der Waals surface area contributed by atoms with Crippen LogP contribution in [0.2, 0.25) is 0 Å². The smallest absolute Gasteiger partial charge is 0.320 e. The number of urea groups is 1. The lowest BCUT2D eigenvalue weighted by molar-refractivity contribution is 0.140. The predicted molar refractivity (Wildman–Crippen MR) is 172 cm³/mol. The molecule has 1 aromatic carbocycles. The van der Waals surface area contributed by atoms with Crippen molar-refractivity contribution < 1.29 is 9.53 Å². The highest BCUT2D eigenvalue weighted by molar-refractivity contribution is 6.05. The zero-order valence-corrected chi connectivity index (χ0v) is 26.1. The van der Waals surface area contributed by atoms with Gasteiger partial charge in [0, 0.05) is 35.8 Å². The average molecular weight is 587 g/mol. The molecule has 0 unspecified atom stereocenters. The van der Waals surface area contributed by atoms with Crippen molar-refractivity contribution in [2.24, 2.45) is 16.1 Å². The number of amides is 2. The lowest BCUT2D eigenvalue weighted by Gasteiger charge is -2.33. The fourth-order valence-electron chi connectivity index (χ4n) is 5.59. The number of carbonyl (C=O) groups excluding carboxylic acids is 1. The number of nitrogens with zero attached hydrogens (tertiary/aromatic N) is 5. The van der Waals surface area contributed by atoms with Gasteiger partial charge in [0.2, 0.25) is 5.95 Å². The van der Waals surface area contributed by atoms with Gasteiger partial charge in [-0.1, -0.05) is 38.5 Å². The molecule has 1 atom stereocenters. The van der Waals surface area contributed by atoms with E-state index < -0.39 is 0 Å². The van der Waals surface area contributed by atoms with Crippen LogP contribution < -0.4 is 26.0 Å². The van der Waals surface area contributed by atoms with Crippen LogP contribution in [-0.4, -0.2) is 51.2 Å². The summed E-state index contributed by atoms with van der Waals surface area (Å²) in [6.45, 7) is 11.4. The van der Waals surface area contributed by atoms with Gasteiger partial charge in [0.05, 0.1) is 18.0 Å².